The summed E-state index contributed by atoms with van der Waals surface area (Å²) in [5, 5.41) is 6.41. The Morgan fingerprint density at radius 3 is 2.61 bits per heavy atom. The standard InChI is InChI=1S/C15H22N2O/c1-11(2)14(12-7-4-3-5-8-12)17-15(18)13-9-6-10-16-13/h3-5,7-8,11,13-14,16H,6,9-10H2,1-2H3,(H,17,18)/t13-,14?/m0/s1. The van der Waals surface area contributed by atoms with E-state index in [9.17, 15) is 4.79 Å². The van der Waals surface area contributed by atoms with Crippen LogP contribution in [0, 0.1) is 5.92 Å². The highest BCUT2D eigenvalue weighted by atomic mass is 16.2. The fraction of sp³-hybridized carbons (Fsp3) is 0.533. The molecule has 98 valence electrons. The van der Waals surface area contributed by atoms with E-state index in [0.717, 1.165) is 19.4 Å². The molecular weight excluding hydrogens is 224 g/mol. The fourth-order valence-electron chi connectivity index (χ4n) is 2.46. The number of benzene rings is 1. The molecule has 1 saturated heterocycles. The molecule has 0 aliphatic carbocycles. The van der Waals surface area contributed by atoms with Crippen LogP contribution in [0.3, 0.4) is 0 Å². The van der Waals surface area contributed by atoms with E-state index in [1.807, 2.05) is 18.2 Å². The van der Waals surface area contributed by atoms with E-state index in [1.54, 1.807) is 0 Å². The van der Waals surface area contributed by atoms with Crippen LogP contribution < -0.4 is 10.6 Å². The van der Waals surface area contributed by atoms with Gasteiger partial charge < -0.3 is 10.6 Å². The zero-order chi connectivity index (χ0) is 13.0. The third-order valence-electron chi connectivity index (χ3n) is 3.50. The first kappa shape index (κ1) is 13.1. The van der Waals surface area contributed by atoms with E-state index in [0.29, 0.717) is 5.92 Å². The summed E-state index contributed by atoms with van der Waals surface area (Å²) in [6.07, 6.45) is 2.04. The molecule has 0 saturated carbocycles. The van der Waals surface area contributed by atoms with Crippen molar-refractivity contribution in [1.82, 2.24) is 10.6 Å². The second-order valence-electron chi connectivity index (χ2n) is 5.29. The van der Waals surface area contributed by atoms with Crippen LogP contribution in [0.5, 0.6) is 0 Å². The maximum atomic E-state index is 12.2. The Bertz CT molecular complexity index is 383. The minimum atomic E-state index is -0.00466. The van der Waals surface area contributed by atoms with Crippen LogP contribution >= 0.6 is 0 Å². The van der Waals surface area contributed by atoms with E-state index in [4.69, 9.17) is 0 Å². The summed E-state index contributed by atoms with van der Waals surface area (Å²) in [7, 11) is 0. The van der Waals surface area contributed by atoms with Crippen molar-refractivity contribution in [2.75, 3.05) is 6.54 Å². The molecule has 0 radical (unpaired) electrons. The molecule has 1 unspecified atom stereocenters. The topological polar surface area (TPSA) is 41.1 Å². The quantitative estimate of drug-likeness (QED) is 0.855. The first-order valence-electron chi connectivity index (χ1n) is 6.77. The molecule has 2 N–H and O–H groups in total. The number of hydrogen-bond acceptors (Lipinski definition) is 2. The summed E-state index contributed by atoms with van der Waals surface area (Å²) < 4.78 is 0. The molecule has 2 atom stereocenters. The minimum Gasteiger partial charge on any atom is -0.348 e. The molecule has 3 nitrogen and oxygen atoms in total. The highest BCUT2D eigenvalue weighted by molar-refractivity contribution is 5.82. The molecule has 0 spiro atoms. The van der Waals surface area contributed by atoms with Gasteiger partial charge in [0.2, 0.25) is 5.91 Å². The maximum Gasteiger partial charge on any atom is 0.237 e. The molecule has 1 aliphatic rings. The fourth-order valence-corrected chi connectivity index (χ4v) is 2.46. The Kier molecular flexibility index (Phi) is 4.37. The Morgan fingerprint density at radius 1 is 1.33 bits per heavy atom. The lowest BCUT2D eigenvalue weighted by Crippen LogP contribution is -2.43. The van der Waals surface area contributed by atoms with Gasteiger partial charge in [0.1, 0.15) is 0 Å². The lowest BCUT2D eigenvalue weighted by molar-refractivity contribution is -0.123. The van der Waals surface area contributed by atoms with Gasteiger partial charge >= 0.3 is 0 Å². The summed E-state index contributed by atoms with van der Waals surface area (Å²) in [5.41, 5.74) is 1.18. The highest BCUT2D eigenvalue weighted by Gasteiger charge is 2.25. The SMILES string of the molecule is CC(C)C(NC(=O)[C@@H]1CCCN1)c1ccccc1. The summed E-state index contributed by atoms with van der Waals surface area (Å²) in [6.45, 7) is 5.23. The molecule has 1 amide bonds. The third kappa shape index (κ3) is 3.10. The Labute approximate surface area is 109 Å². The summed E-state index contributed by atoms with van der Waals surface area (Å²) in [5.74, 6) is 0.521. The molecule has 1 heterocycles. The zero-order valence-electron chi connectivity index (χ0n) is 11.1. The Balaban J connectivity index is 2.05. The van der Waals surface area contributed by atoms with E-state index in [1.165, 1.54) is 5.56 Å². The van der Waals surface area contributed by atoms with Gasteiger partial charge in [0.15, 0.2) is 0 Å². The van der Waals surface area contributed by atoms with Gasteiger partial charge in [0.05, 0.1) is 12.1 Å². The third-order valence-corrected chi connectivity index (χ3v) is 3.50. The van der Waals surface area contributed by atoms with Gasteiger partial charge in [-0.05, 0) is 30.9 Å². The Hall–Kier alpha value is -1.35. The number of amides is 1. The predicted molar refractivity (Wildman–Crippen MR) is 73.2 cm³/mol. The van der Waals surface area contributed by atoms with Crippen molar-refractivity contribution in [1.29, 1.82) is 0 Å². The highest BCUT2D eigenvalue weighted by Crippen LogP contribution is 2.21. The van der Waals surface area contributed by atoms with Gasteiger partial charge in [-0.2, -0.15) is 0 Å². The number of carbonyl (C=O) groups is 1. The summed E-state index contributed by atoms with van der Waals surface area (Å²) in [6, 6.07) is 10.3. The van der Waals surface area contributed by atoms with Crippen molar-refractivity contribution in [3.05, 3.63) is 35.9 Å². The van der Waals surface area contributed by atoms with E-state index < -0.39 is 0 Å². The zero-order valence-corrected chi connectivity index (χ0v) is 11.1. The first-order valence-corrected chi connectivity index (χ1v) is 6.77. The molecule has 1 fully saturated rings. The second-order valence-corrected chi connectivity index (χ2v) is 5.29. The number of carbonyl (C=O) groups excluding carboxylic acids is 1. The van der Waals surface area contributed by atoms with Crippen LogP contribution in [0.15, 0.2) is 30.3 Å². The molecule has 1 aromatic carbocycles. The van der Waals surface area contributed by atoms with Crippen molar-refractivity contribution in [3.8, 4) is 0 Å². The van der Waals surface area contributed by atoms with Gasteiger partial charge in [0, 0.05) is 0 Å². The molecular formula is C15H22N2O. The van der Waals surface area contributed by atoms with Crippen molar-refractivity contribution < 1.29 is 4.79 Å². The van der Waals surface area contributed by atoms with Crippen LogP contribution in [-0.2, 0) is 4.79 Å². The monoisotopic (exact) mass is 246 g/mol. The smallest absolute Gasteiger partial charge is 0.237 e. The lowest BCUT2D eigenvalue weighted by atomic mass is 9.95. The van der Waals surface area contributed by atoms with Gasteiger partial charge in [-0.3, -0.25) is 4.79 Å². The molecule has 1 aromatic rings. The Morgan fingerprint density at radius 2 is 2.06 bits per heavy atom. The van der Waals surface area contributed by atoms with E-state index >= 15 is 0 Å². The average Bonchev–Trinajstić information content (AvgIpc) is 2.90. The second kappa shape index (κ2) is 6.01. The van der Waals surface area contributed by atoms with Crippen LogP contribution in [0.2, 0.25) is 0 Å². The van der Waals surface area contributed by atoms with E-state index in [-0.39, 0.29) is 18.0 Å². The molecule has 18 heavy (non-hydrogen) atoms. The molecule has 0 aromatic heterocycles. The van der Waals surface area contributed by atoms with Crippen LogP contribution in [0.1, 0.15) is 38.3 Å². The first-order chi connectivity index (χ1) is 8.68. The normalized spacial score (nSPS) is 20.9. The van der Waals surface area contributed by atoms with Crippen molar-refractivity contribution in [2.24, 2.45) is 5.92 Å². The van der Waals surface area contributed by atoms with Crippen molar-refractivity contribution in [2.45, 2.75) is 38.8 Å². The summed E-state index contributed by atoms with van der Waals surface area (Å²) >= 11 is 0. The lowest BCUT2D eigenvalue weighted by Gasteiger charge is -2.24. The van der Waals surface area contributed by atoms with Crippen LogP contribution in [0.4, 0.5) is 0 Å². The van der Waals surface area contributed by atoms with Gasteiger partial charge in [0.25, 0.3) is 0 Å². The average molecular weight is 246 g/mol. The largest absolute Gasteiger partial charge is 0.348 e. The molecule has 2 rings (SSSR count). The maximum absolute atomic E-state index is 12.2. The van der Waals surface area contributed by atoms with Crippen LogP contribution in [-0.4, -0.2) is 18.5 Å². The number of hydrogen-bond donors (Lipinski definition) is 2. The predicted octanol–water partition coefficient (Wildman–Crippen LogP) is 2.25. The molecule has 0 bridgehead atoms. The van der Waals surface area contributed by atoms with Gasteiger partial charge in [-0.1, -0.05) is 44.2 Å². The van der Waals surface area contributed by atoms with Crippen LogP contribution in [0.25, 0.3) is 0 Å². The van der Waals surface area contributed by atoms with Gasteiger partial charge in [-0.15, -0.1) is 0 Å². The number of rotatable bonds is 4. The molecule has 1 aliphatic heterocycles. The number of nitrogens with one attached hydrogen (secondary N) is 2. The van der Waals surface area contributed by atoms with Crippen molar-refractivity contribution >= 4 is 5.91 Å². The van der Waals surface area contributed by atoms with Gasteiger partial charge in [-0.25, -0.2) is 0 Å². The summed E-state index contributed by atoms with van der Waals surface area (Å²) in [4.78, 5) is 12.2. The van der Waals surface area contributed by atoms with Crippen molar-refractivity contribution in [3.63, 3.8) is 0 Å². The van der Waals surface area contributed by atoms with E-state index in [2.05, 4.69) is 36.6 Å². The molecule has 3 heteroatoms. The minimum absolute atomic E-state index is 0.00466.